The van der Waals surface area contributed by atoms with E-state index in [1.807, 2.05) is 25.1 Å². The summed E-state index contributed by atoms with van der Waals surface area (Å²) >= 11 is 1.67. The number of nitrogens with two attached hydrogens (primary N) is 1. The van der Waals surface area contributed by atoms with Crippen LogP contribution in [0.15, 0.2) is 18.2 Å². The summed E-state index contributed by atoms with van der Waals surface area (Å²) in [7, 11) is 0. The number of hydrogen-bond donors (Lipinski definition) is 2. The molecule has 3 N–H and O–H groups in total. The van der Waals surface area contributed by atoms with E-state index in [-0.39, 0.29) is 29.6 Å². The van der Waals surface area contributed by atoms with Crippen molar-refractivity contribution in [3.05, 3.63) is 23.2 Å². The molecule has 1 unspecified atom stereocenters. The van der Waals surface area contributed by atoms with Crippen molar-refractivity contribution in [3.63, 3.8) is 0 Å². The van der Waals surface area contributed by atoms with Crippen LogP contribution in [-0.2, 0) is 10.2 Å². The van der Waals surface area contributed by atoms with Crippen molar-refractivity contribution in [2.24, 2.45) is 11.7 Å². The van der Waals surface area contributed by atoms with Crippen molar-refractivity contribution in [2.45, 2.75) is 33.1 Å². The van der Waals surface area contributed by atoms with E-state index >= 15 is 0 Å². The molecule has 1 heterocycles. The van der Waals surface area contributed by atoms with Crippen molar-refractivity contribution in [1.82, 2.24) is 4.98 Å². The second-order valence-corrected chi connectivity index (χ2v) is 7.11. The van der Waals surface area contributed by atoms with Gasteiger partial charge >= 0.3 is 0 Å². The highest BCUT2D eigenvalue weighted by atomic mass is 35.5. The molecule has 1 atom stereocenters. The Morgan fingerprint density at radius 3 is 2.67 bits per heavy atom. The Morgan fingerprint density at radius 2 is 2.10 bits per heavy atom. The average Bonchev–Trinajstić information content (AvgIpc) is 2.80. The SMILES string of the molecule is CC(CN)C(=O)Nc1ccc2nc(C(C)(C)C)sc2c1.Cl. The van der Waals surface area contributed by atoms with Gasteiger partial charge in [0.15, 0.2) is 0 Å². The Morgan fingerprint density at radius 1 is 1.43 bits per heavy atom. The summed E-state index contributed by atoms with van der Waals surface area (Å²) in [6, 6.07) is 5.81. The normalized spacial score (nSPS) is 12.8. The lowest BCUT2D eigenvalue weighted by molar-refractivity contribution is -0.119. The van der Waals surface area contributed by atoms with Gasteiger partial charge in [0, 0.05) is 23.6 Å². The van der Waals surface area contributed by atoms with Gasteiger partial charge < -0.3 is 11.1 Å². The van der Waals surface area contributed by atoms with Gasteiger partial charge in [-0.3, -0.25) is 4.79 Å². The molecule has 0 bridgehead atoms. The van der Waals surface area contributed by atoms with Gasteiger partial charge in [0.2, 0.25) is 5.91 Å². The second kappa shape index (κ2) is 6.73. The van der Waals surface area contributed by atoms with Gasteiger partial charge in [-0.25, -0.2) is 4.98 Å². The molecule has 0 spiro atoms. The highest BCUT2D eigenvalue weighted by Crippen LogP contribution is 2.32. The van der Waals surface area contributed by atoms with Crippen LogP contribution in [0.4, 0.5) is 5.69 Å². The maximum atomic E-state index is 11.8. The Balaban J connectivity index is 0.00000220. The van der Waals surface area contributed by atoms with E-state index in [4.69, 9.17) is 5.73 Å². The quantitative estimate of drug-likeness (QED) is 0.905. The van der Waals surface area contributed by atoms with Crippen molar-refractivity contribution in [3.8, 4) is 0 Å². The predicted molar refractivity (Wildman–Crippen MR) is 92.4 cm³/mol. The van der Waals surface area contributed by atoms with E-state index in [2.05, 4.69) is 31.1 Å². The number of amides is 1. The minimum absolute atomic E-state index is 0. The molecule has 0 fully saturated rings. The van der Waals surface area contributed by atoms with Crippen molar-refractivity contribution in [1.29, 1.82) is 0 Å². The Kier molecular flexibility index (Phi) is 5.73. The lowest BCUT2D eigenvalue weighted by Gasteiger charge is -2.13. The van der Waals surface area contributed by atoms with Crippen LogP contribution in [0.25, 0.3) is 10.2 Å². The van der Waals surface area contributed by atoms with Gasteiger partial charge in [0.05, 0.1) is 15.2 Å². The van der Waals surface area contributed by atoms with E-state index < -0.39 is 0 Å². The lowest BCUT2D eigenvalue weighted by Crippen LogP contribution is -2.26. The number of aromatic nitrogens is 1. The number of rotatable bonds is 3. The van der Waals surface area contributed by atoms with E-state index in [0.29, 0.717) is 6.54 Å². The third-order valence-corrected chi connectivity index (χ3v) is 4.54. The number of thiazole rings is 1. The van der Waals surface area contributed by atoms with Gasteiger partial charge in [-0.2, -0.15) is 0 Å². The van der Waals surface area contributed by atoms with Gasteiger partial charge in [-0.15, -0.1) is 23.7 Å². The Bertz CT molecular complexity index is 633. The number of carbonyl (C=O) groups excluding carboxylic acids is 1. The van der Waals surface area contributed by atoms with Crippen LogP contribution in [0.5, 0.6) is 0 Å². The van der Waals surface area contributed by atoms with Gasteiger partial charge in [-0.1, -0.05) is 27.7 Å². The molecule has 2 aromatic rings. The van der Waals surface area contributed by atoms with Crippen LogP contribution in [0.1, 0.15) is 32.7 Å². The minimum atomic E-state index is -0.183. The predicted octanol–water partition coefficient (Wildman–Crippen LogP) is 3.55. The monoisotopic (exact) mass is 327 g/mol. The van der Waals surface area contributed by atoms with E-state index in [1.54, 1.807) is 11.3 Å². The molecular formula is C15H22ClN3OS. The highest BCUT2D eigenvalue weighted by Gasteiger charge is 2.19. The molecule has 0 radical (unpaired) electrons. The summed E-state index contributed by atoms with van der Waals surface area (Å²) in [5.41, 5.74) is 7.32. The first kappa shape index (κ1) is 17.9. The van der Waals surface area contributed by atoms with E-state index in [9.17, 15) is 4.79 Å². The maximum Gasteiger partial charge on any atom is 0.228 e. The zero-order chi connectivity index (χ0) is 14.9. The number of anilines is 1. The fraction of sp³-hybridized carbons (Fsp3) is 0.467. The highest BCUT2D eigenvalue weighted by molar-refractivity contribution is 7.18. The standard InChI is InChI=1S/C15H21N3OS.ClH/c1-9(8-16)13(19)17-10-5-6-11-12(7-10)20-14(18-11)15(2,3)4;/h5-7,9H,8,16H2,1-4H3,(H,17,19);1H. The molecule has 0 aliphatic carbocycles. The summed E-state index contributed by atoms with van der Waals surface area (Å²) in [5, 5.41) is 4.00. The molecule has 1 aromatic carbocycles. The van der Waals surface area contributed by atoms with Crippen LogP contribution < -0.4 is 11.1 Å². The van der Waals surface area contributed by atoms with E-state index in [0.717, 1.165) is 20.9 Å². The smallest absolute Gasteiger partial charge is 0.228 e. The van der Waals surface area contributed by atoms with Gasteiger partial charge in [0.25, 0.3) is 0 Å². The molecular weight excluding hydrogens is 306 g/mol. The Hall–Kier alpha value is -1.17. The molecule has 6 heteroatoms. The first-order valence-electron chi connectivity index (χ1n) is 6.73. The number of benzene rings is 1. The Labute approximate surface area is 135 Å². The summed E-state index contributed by atoms with van der Waals surface area (Å²) in [4.78, 5) is 16.5. The van der Waals surface area contributed by atoms with Crippen LogP contribution in [-0.4, -0.2) is 17.4 Å². The number of carbonyl (C=O) groups is 1. The number of nitrogens with one attached hydrogen (secondary N) is 1. The molecule has 1 amide bonds. The molecule has 0 saturated heterocycles. The molecule has 116 valence electrons. The largest absolute Gasteiger partial charge is 0.330 e. The van der Waals surface area contributed by atoms with Gasteiger partial charge in [0.1, 0.15) is 0 Å². The summed E-state index contributed by atoms with van der Waals surface area (Å²) in [6.07, 6.45) is 0. The van der Waals surface area contributed by atoms with Gasteiger partial charge in [-0.05, 0) is 18.2 Å². The number of nitrogens with zero attached hydrogens (tertiary/aromatic N) is 1. The van der Waals surface area contributed by atoms with E-state index in [1.165, 1.54) is 0 Å². The average molecular weight is 328 g/mol. The minimum Gasteiger partial charge on any atom is -0.330 e. The molecule has 4 nitrogen and oxygen atoms in total. The van der Waals surface area contributed by atoms with Crippen molar-refractivity contribution >= 4 is 45.6 Å². The van der Waals surface area contributed by atoms with Crippen molar-refractivity contribution < 1.29 is 4.79 Å². The lowest BCUT2D eigenvalue weighted by atomic mass is 9.98. The third kappa shape index (κ3) is 4.15. The van der Waals surface area contributed by atoms with Crippen LogP contribution in [0.2, 0.25) is 0 Å². The van der Waals surface area contributed by atoms with Crippen LogP contribution >= 0.6 is 23.7 Å². The summed E-state index contributed by atoms with van der Waals surface area (Å²) in [5.74, 6) is -0.232. The molecule has 0 saturated carbocycles. The van der Waals surface area contributed by atoms with Crippen LogP contribution in [0.3, 0.4) is 0 Å². The van der Waals surface area contributed by atoms with Crippen LogP contribution in [0, 0.1) is 5.92 Å². The zero-order valence-electron chi connectivity index (χ0n) is 12.8. The number of halogens is 1. The summed E-state index contributed by atoms with van der Waals surface area (Å²) in [6.45, 7) is 8.62. The molecule has 0 aliphatic heterocycles. The summed E-state index contributed by atoms with van der Waals surface area (Å²) < 4.78 is 1.09. The maximum absolute atomic E-state index is 11.8. The molecule has 21 heavy (non-hydrogen) atoms. The first-order valence-corrected chi connectivity index (χ1v) is 7.55. The fourth-order valence-corrected chi connectivity index (χ4v) is 2.76. The number of fused-ring (bicyclic) bond motifs is 1. The molecule has 2 rings (SSSR count). The zero-order valence-corrected chi connectivity index (χ0v) is 14.4. The third-order valence-electron chi connectivity index (χ3n) is 3.10. The molecule has 0 aliphatic rings. The fourth-order valence-electron chi connectivity index (χ4n) is 1.70. The topological polar surface area (TPSA) is 68.0 Å². The second-order valence-electron chi connectivity index (χ2n) is 6.08. The molecule has 1 aromatic heterocycles. The number of hydrogen-bond acceptors (Lipinski definition) is 4. The first-order chi connectivity index (χ1) is 9.31. The van der Waals surface area contributed by atoms with Crippen molar-refractivity contribution in [2.75, 3.05) is 11.9 Å².